The van der Waals surface area contributed by atoms with Gasteiger partial charge in [0.2, 0.25) is 0 Å². The summed E-state index contributed by atoms with van der Waals surface area (Å²) >= 11 is 6.20. The van der Waals surface area contributed by atoms with Gasteiger partial charge in [-0.05, 0) is 43.9 Å². The van der Waals surface area contributed by atoms with Crippen LogP contribution >= 0.6 is 11.6 Å². The van der Waals surface area contributed by atoms with Crippen molar-refractivity contribution >= 4 is 23.4 Å². The molecule has 0 aliphatic rings. The Kier molecular flexibility index (Phi) is 6.21. The summed E-state index contributed by atoms with van der Waals surface area (Å²) in [7, 11) is 0. The lowest BCUT2D eigenvalue weighted by Gasteiger charge is -2.05. The molecule has 0 radical (unpaired) electrons. The van der Waals surface area contributed by atoms with Gasteiger partial charge in [0.05, 0.1) is 6.61 Å². The molecule has 0 unspecified atom stereocenters. The Balaban J connectivity index is 2.33. The van der Waals surface area contributed by atoms with Crippen molar-refractivity contribution in [2.75, 3.05) is 6.61 Å². The molecule has 1 heterocycles. The number of H-pyrrole nitrogens is 1. The lowest BCUT2D eigenvalue weighted by atomic mass is 9.99. The molecule has 2 rings (SSSR count). The van der Waals surface area contributed by atoms with Gasteiger partial charge in [0.15, 0.2) is 5.78 Å². The molecule has 128 valence electrons. The first-order valence-corrected chi connectivity index (χ1v) is 8.52. The SMILES string of the molecule is CCOC(=O)c1[nH]c(CCc2ccccc2Cl)c(C(=O)CC)c1C. The number of carbonyl (C=O) groups is 2. The highest BCUT2D eigenvalue weighted by atomic mass is 35.5. The summed E-state index contributed by atoms with van der Waals surface area (Å²) in [6.45, 7) is 5.65. The average Bonchev–Trinajstić information content (AvgIpc) is 2.90. The highest BCUT2D eigenvalue weighted by molar-refractivity contribution is 6.31. The van der Waals surface area contributed by atoms with E-state index < -0.39 is 5.97 Å². The second-order valence-corrected chi connectivity index (χ2v) is 5.97. The Bertz CT molecular complexity index is 749. The number of esters is 1. The number of rotatable bonds is 7. The van der Waals surface area contributed by atoms with Gasteiger partial charge in [-0.25, -0.2) is 4.79 Å². The number of hydrogen-bond acceptors (Lipinski definition) is 3. The first-order valence-electron chi connectivity index (χ1n) is 8.14. The largest absolute Gasteiger partial charge is 0.461 e. The van der Waals surface area contributed by atoms with Crippen molar-refractivity contribution in [2.45, 2.75) is 40.0 Å². The maximum Gasteiger partial charge on any atom is 0.355 e. The Morgan fingerprint density at radius 2 is 1.88 bits per heavy atom. The van der Waals surface area contributed by atoms with Crippen molar-refractivity contribution in [3.63, 3.8) is 0 Å². The van der Waals surface area contributed by atoms with E-state index in [4.69, 9.17) is 16.3 Å². The number of hydrogen-bond donors (Lipinski definition) is 1. The second kappa shape index (κ2) is 8.15. The lowest BCUT2D eigenvalue weighted by Crippen LogP contribution is -2.07. The normalized spacial score (nSPS) is 10.7. The molecule has 0 saturated carbocycles. The summed E-state index contributed by atoms with van der Waals surface area (Å²) in [5, 5.41) is 0.703. The number of aryl methyl sites for hydroxylation is 2. The summed E-state index contributed by atoms with van der Waals surface area (Å²) < 4.78 is 5.07. The van der Waals surface area contributed by atoms with Crippen LogP contribution in [0.3, 0.4) is 0 Å². The number of ketones is 1. The second-order valence-electron chi connectivity index (χ2n) is 5.57. The van der Waals surface area contributed by atoms with Crippen LogP contribution in [0.25, 0.3) is 0 Å². The monoisotopic (exact) mass is 347 g/mol. The van der Waals surface area contributed by atoms with Gasteiger partial charge >= 0.3 is 5.97 Å². The van der Waals surface area contributed by atoms with Crippen molar-refractivity contribution < 1.29 is 14.3 Å². The van der Waals surface area contributed by atoms with Crippen LogP contribution in [0.4, 0.5) is 0 Å². The van der Waals surface area contributed by atoms with E-state index in [1.807, 2.05) is 31.2 Å². The van der Waals surface area contributed by atoms with E-state index in [0.717, 1.165) is 11.3 Å². The zero-order chi connectivity index (χ0) is 17.7. The van der Waals surface area contributed by atoms with Crippen LogP contribution in [-0.4, -0.2) is 23.3 Å². The Hall–Kier alpha value is -2.07. The van der Waals surface area contributed by atoms with Gasteiger partial charge < -0.3 is 9.72 Å². The maximum absolute atomic E-state index is 12.3. The van der Waals surface area contributed by atoms with E-state index >= 15 is 0 Å². The molecule has 0 spiro atoms. The van der Waals surface area contributed by atoms with E-state index in [1.54, 1.807) is 13.8 Å². The van der Waals surface area contributed by atoms with E-state index in [9.17, 15) is 9.59 Å². The van der Waals surface area contributed by atoms with Gasteiger partial charge in [-0.3, -0.25) is 4.79 Å². The highest BCUT2D eigenvalue weighted by Crippen LogP contribution is 2.24. The van der Waals surface area contributed by atoms with Crippen LogP contribution in [0.1, 0.15) is 57.9 Å². The molecule has 0 aliphatic heterocycles. The van der Waals surface area contributed by atoms with Crippen molar-refractivity contribution in [3.05, 3.63) is 57.4 Å². The number of nitrogens with one attached hydrogen (secondary N) is 1. The summed E-state index contributed by atoms with van der Waals surface area (Å²) in [6, 6.07) is 7.63. The standard InChI is InChI=1S/C19H22ClNO3/c1-4-16(22)17-12(3)18(19(23)24-5-2)21-15(17)11-10-13-8-6-7-9-14(13)20/h6-9,21H,4-5,10-11H2,1-3H3. The van der Waals surface area contributed by atoms with Gasteiger partial charge in [-0.1, -0.05) is 36.7 Å². The van der Waals surface area contributed by atoms with Crippen molar-refractivity contribution in [2.24, 2.45) is 0 Å². The van der Waals surface area contributed by atoms with E-state index in [0.29, 0.717) is 47.7 Å². The molecule has 2 aromatic rings. The molecule has 1 aromatic heterocycles. The fourth-order valence-corrected chi connectivity index (χ4v) is 3.00. The number of aromatic amines is 1. The minimum Gasteiger partial charge on any atom is -0.461 e. The number of halogens is 1. The molecule has 5 heteroatoms. The molecule has 0 amide bonds. The van der Waals surface area contributed by atoms with E-state index in [-0.39, 0.29) is 5.78 Å². The van der Waals surface area contributed by atoms with Crippen molar-refractivity contribution in [3.8, 4) is 0 Å². The Labute approximate surface area is 147 Å². The van der Waals surface area contributed by atoms with E-state index in [2.05, 4.69) is 4.98 Å². The molecule has 0 aliphatic carbocycles. The van der Waals surface area contributed by atoms with Crippen LogP contribution in [0.2, 0.25) is 5.02 Å². The fourth-order valence-electron chi connectivity index (χ4n) is 2.77. The van der Waals surface area contributed by atoms with Crippen LogP contribution in [0, 0.1) is 6.92 Å². The van der Waals surface area contributed by atoms with Gasteiger partial charge in [0, 0.05) is 22.7 Å². The van der Waals surface area contributed by atoms with Crippen LogP contribution in [-0.2, 0) is 17.6 Å². The van der Waals surface area contributed by atoms with Gasteiger partial charge in [-0.15, -0.1) is 0 Å². The van der Waals surface area contributed by atoms with Gasteiger partial charge in [-0.2, -0.15) is 0 Å². The highest BCUT2D eigenvalue weighted by Gasteiger charge is 2.23. The predicted molar refractivity (Wildman–Crippen MR) is 95.0 cm³/mol. The number of carbonyl (C=O) groups excluding carboxylic acids is 2. The van der Waals surface area contributed by atoms with Crippen molar-refractivity contribution in [1.82, 2.24) is 4.98 Å². The number of benzene rings is 1. The quantitative estimate of drug-likeness (QED) is 0.591. The minimum atomic E-state index is -0.427. The third-order valence-corrected chi connectivity index (χ3v) is 4.38. The summed E-state index contributed by atoms with van der Waals surface area (Å²) in [4.78, 5) is 27.5. The smallest absolute Gasteiger partial charge is 0.355 e. The lowest BCUT2D eigenvalue weighted by molar-refractivity contribution is 0.0519. The predicted octanol–water partition coefficient (Wildman–Crippen LogP) is 4.53. The van der Waals surface area contributed by atoms with Crippen LogP contribution in [0.5, 0.6) is 0 Å². The van der Waals surface area contributed by atoms with Crippen LogP contribution < -0.4 is 0 Å². The summed E-state index contributed by atoms with van der Waals surface area (Å²) in [6.07, 6.45) is 1.68. The number of ether oxygens (including phenoxy) is 1. The van der Waals surface area contributed by atoms with Crippen LogP contribution in [0.15, 0.2) is 24.3 Å². The Morgan fingerprint density at radius 1 is 1.17 bits per heavy atom. The molecule has 1 aromatic carbocycles. The molecule has 0 bridgehead atoms. The zero-order valence-electron chi connectivity index (χ0n) is 14.2. The maximum atomic E-state index is 12.3. The molecule has 0 atom stereocenters. The zero-order valence-corrected chi connectivity index (χ0v) is 15.0. The number of Topliss-reactive ketones (excluding diaryl/α,β-unsaturated/α-hetero) is 1. The molecule has 24 heavy (non-hydrogen) atoms. The third-order valence-electron chi connectivity index (χ3n) is 4.01. The average molecular weight is 348 g/mol. The minimum absolute atomic E-state index is 0.0217. The van der Waals surface area contributed by atoms with Crippen molar-refractivity contribution in [1.29, 1.82) is 0 Å². The molecule has 0 saturated heterocycles. The van der Waals surface area contributed by atoms with E-state index in [1.165, 1.54) is 0 Å². The topological polar surface area (TPSA) is 59.2 Å². The number of aromatic nitrogens is 1. The molecular weight excluding hydrogens is 326 g/mol. The molecule has 4 nitrogen and oxygen atoms in total. The fraction of sp³-hybridized carbons (Fsp3) is 0.368. The first-order chi connectivity index (χ1) is 11.5. The third kappa shape index (κ3) is 3.88. The first kappa shape index (κ1) is 18.3. The molecule has 0 fully saturated rings. The molecular formula is C19H22ClNO3. The summed E-state index contributed by atoms with van der Waals surface area (Å²) in [5.74, 6) is -0.405. The molecule has 1 N–H and O–H groups in total. The van der Waals surface area contributed by atoms with Gasteiger partial charge in [0.1, 0.15) is 5.69 Å². The summed E-state index contributed by atoms with van der Waals surface area (Å²) in [5.41, 5.74) is 3.41. The Morgan fingerprint density at radius 3 is 2.50 bits per heavy atom. The van der Waals surface area contributed by atoms with Gasteiger partial charge in [0.25, 0.3) is 0 Å².